The minimum atomic E-state index is -1.06. The van der Waals surface area contributed by atoms with Crippen LogP contribution < -0.4 is 9.64 Å². The summed E-state index contributed by atoms with van der Waals surface area (Å²) in [6, 6.07) is 18.9. The van der Waals surface area contributed by atoms with E-state index in [2.05, 4.69) is 10.2 Å². The number of amides is 1. The lowest BCUT2D eigenvalue weighted by Gasteiger charge is -2.22. The molecule has 0 aliphatic carbocycles. The number of aryl methyl sites for hydroxylation is 2. The van der Waals surface area contributed by atoms with Gasteiger partial charge in [-0.25, -0.2) is 0 Å². The summed E-state index contributed by atoms with van der Waals surface area (Å²) in [6.45, 7) is 4.07. The molecule has 1 amide bonds. The van der Waals surface area contributed by atoms with Crippen LogP contribution in [-0.4, -0.2) is 31.9 Å². The molecular weight excluding hydrogens is 520 g/mol. The topological polar surface area (TPSA) is 136 Å². The van der Waals surface area contributed by atoms with Gasteiger partial charge in [-0.3, -0.25) is 24.6 Å². The molecule has 39 heavy (non-hydrogen) atoms. The van der Waals surface area contributed by atoms with Gasteiger partial charge < -0.3 is 9.84 Å². The van der Waals surface area contributed by atoms with Gasteiger partial charge in [0, 0.05) is 17.7 Å². The molecule has 4 aromatic rings. The molecule has 2 heterocycles. The Labute approximate surface area is 227 Å². The Hall–Kier alpha value is -4.90. The van der Waals surface area contributed by atoms with Gasteiger partial charge >= 0.3 is 5.91 Å². The van der Waals surface area contributed by atoms with E-state index in [1.54, 1.807) is 31.2 Å². The molecule has 1 aliphatic rings. The first-order chi connectivity index (χ1) is 18.7. The maximum Gasteiger partial charge on any atom is 0.301 e. The van der Waals surface area contributed by atoms with E-state index in [1.807, 2.05) is 31.2 Å². The number of Topliss-reactive ketones (excluding diaryl/α,β-unsaturated/α-hetero) is 1. The highest BCUT2D eigenvalue weighted by atomic mass is 32.1. The zero-order valence-electron chi connectivity index (χ0n) is 20.9. The van der Waals surface area contributed by atoms with E-state index < -0.39 is 22.7 Å². The maximum atomic E-state index is 13.2. The van der Waals surface area contributed by atoms with Crippen molar-refractivity contribution in [1.29, 1.82) is 0 Å². The number of rotatable bonds is 7. The zero-order valence-corrected chi connectivity index (χ0v) is 21.7. The van der Waals surface area contributed by atoms with Gasteiger partial charge in [0.15, 0.2) is 0 Å². The first-order valence-electron chi connectivity index (χ1n) is 11.9. The molecule has 0 bridgehead atoms. The molecule has 3 aromatic carbocycles. The van der Waals surface area contributed by atoms with Crippen molar-refractivity contribution < 1.29 is 24.4 Å². The highest BCUT2D eigenvalue weighted by molar-refractivity contribution is 7.15. The number of carbonyl (C=O) groups is 2. The van der Waals surface area contributed by atoms with E-state index >= 15 is 0 Å². The molecule has 0 unspecified atom stereocenters. The number of non-ortho nitro benzene ring substituents is 1. The van der Waals surface area contributed by atoms with Crippen molar-refractivity contribution in [3.63, 3.8) is 0 Å². The van der Waals surface area contributed by atoms with Crippen LogP contribution in [0.15, 0.2) is 78.4 Å². The first kappa shape index (κ1) is 25.7. The lowest BCUT2D eigenvalue weighted by molar-refractivity contribution is -0.384. The second-order valence-electron chi connectivity index (χ2n) is 8.92. The Morgan fingerprint density at radius 3 is 2.38 bits per heavy atom. The SMILES string of the molecule is Cc1cccc(COc2ccc(/C(O)=C3\C(=O)C(=O)N(c4nnc(C)s4)[C@@H]3c3ccc([N+](=O)[O-])cc3)cc2)c1. The van der Waals surface area contributed by atoms with Gasteiger partial charge in [-0.05, 0) is 61.4 Å². The number of hydrogen-bond donors (Lipinski definition) is 1. The third kappa shape index (κ3) is 5.12. The minimum Gasteiger partial charge on any atom is -0.507 e. The van der Waals surface area contributed by atoms with Crippen molar-refractivity contribution in [2.24, 2.45) is 0 Å². The van der Waals surface area contributed by atoms with Crippen LogP contribution in [0.25, 0.3) is 5.76 Å². The summed E-state index contributed by atoms with van der Waals surface area (Å²) >= 11 is 1.11. The van der Waals surface area contributed by atoms with Crippen LogP contribution in [0.5, 0.6) is 5.75 Å². The summed E-state index contributed by atoms with van der Waals surface area (Å²) in [5.74, 6) is -1.60. The highest BCUT2D eigenvalue weighted by Crippen LogP contribution is 2.43. The summed E-state index contributed by atoms with van der Waals surface area (Å²) in [7, 11) is 0. The number of anilines is 1. The number of nitro groups is 1. The minimum absolute atomic E-state index is 0.149. The van der Waals surface area contributed by atoms with Gasteiger partial charge in [-0.1, -0.05) is 41.2 Å². The van der Waals surface area contributed by atoms with E-state index in [-0.39, 0.29) is 22.2 Å². The average molecular weight is 543 g/mol. The number of aliphatic hydroxyl groups excluding tert-OH is 1. The van der Waals surface area contributed by atoms with E-state index in [4.69, 9.17) is 4.74 Å². The molecule has 5 rings (SSSR count). The molecule has 1 saturated heterocycles. The fourth-order valence-corrected chi connectivity index (χ4v) is 5.05. The molecule has 1 fully saturated rings. The molecule has 10 nitrogen and oxygen atoms in total. The summed E-state index contributed by atoms with van der Waals surface area (Å²) in [5.41, 5.74) is 2.53. The third-order valence-electron chi connectivity index (χ3n) is 6.20. The molecule has 0 radical (unpaired) electrons. The number of ketones is 1. The van der Waals surface area contributed by atoms with Gasteiger partial charge in [0.2, 0.25) is 5.13 Å². The summed E-state index contributed by atoms with van der Waals surface area (Å²) in [6.07, 6.45) is 0. The lowest BCUT2D eigenvalue weighted by Crippen LogP contribution is -2.29. The molecule has 11 heteroatoms. The van der Waals surface area contributed by atoms with Gasteiger partial charge in [-0.15, -0.1) is 10.2 Å². The number of aromatic nitrogens is 2. The van der Waals surface area contributed by atoms with Gasteiger partial charge in [0.05, 0.1) is 16.5 Å². The standard InChI is InChI=1S/C28H22N4O6S/c1-16-4-3-5-18(14-16)15-38-22-12-8-20(9-13-22)25(33)23-24(19-6-10-21(11-7-19)32(36)37)31(27(35)26(23)34)28-30-29-17(2)39-28/h3-14,24,33H,15H2,1-2H3/b25-23+/t24-/m1/s1. The number of ether oxygens (including phenoxy) is 1. The summed E-state index contributed by atoms with van der Waals surface area (Å²) in [4.78, 5) is 38.2. The van der Waals surface area contributed by atoms with Gasteiger partial charge in [0.1, 0.15) is 23.1 Å². The van der Waals surface area contributed by atoms with Crippen LogP contribution in [0.4, 0.5) is 10.8 Å². The predicted octanol–water partition coefficient (Wildman–Crippen LogP) is 5.27. The maximum absolute atomic E-state index is 13.2. The lowest BCUT2D eigenvalue weighted by atomic mass is 9.95. The van der Waals surface area contributed by atoms with Crippen molar-refractivity contribution >= 4 is 39.6 Å². The fraction of sp³-hybridized carbons (Fsp3) is 0.143. The number of nitro benzene ring substituents is 1. The van der Waals surface area contributed by atoms with Gasteiger partial charge in [-0.2, -0.15) is 0 Å². The van der Waals surface area contributed by atoms with Crippen LogP contribution in [0.3, 0.4) is 0 Å². The quantitative estimate of drug-likeness (QED) is 0.110. The van der Waals surface area contributed by atoms with E-state index in [1.165, 1.54) is 29.2 Å². The number of nitrogens with zero attached hydrogens (tertiary/aromatic N) is 4. The van der Waals surface area contributed by atoms with Crippen molar-refractivity contribution in [2.75, 3.05) is 4.90 Å². The average Bonchev–Trinajstić information content (AvgIpc) is 3.47. The fourth-order valence-electron chi connectivity index (χ4n) is 4.34. The Kier molecular flexibility index (Phi) is 6.90. The van der Waals surface area contributed by atoms with Crippen molar-refractivity contribution in [3.8, 4) is 5.75 Å². The first-order valence-corrected chi connectivity index (χ1v) is 12.7. The highest BCUT2D eigenvalue weighted by Gasteiger charge is 2.48. The molecule has 0 saturated carbocycles. The summed E-state index contributed by atoms with van der Waals surface area (Å²) in [5, 5.41) is 31.2. The molecule has 1 N–H and O–H groups in total. The van der Waals surface area contributed by atoms with E-state index in [0.717, 1.165) is 22.5 Å². The van der Waals surface area contributed by atoms with E-state index in [0.29, 0.717) is 28.5 Å². The number of benzene rings is 3. The second-order valence-corrected chi connectivity index (χ2v) is 10.1. The normalized spacial score (nSPS) is 16.5. The molecule has 0 spiro atoms. The number of carbonyl (C=O) groups excluding carboxylic acids is 2. The van der Waals surface area contributed by atoms with Crippen LogP contribution in [0.1, 0.15) is 33.3 Å². The molecule has 1 aliphatic heterocycles. The Bertz CT molecular complexity index is 1610. The van der Waals surface area contributed by atoms with Crippen LogP contribution >= 0.6 is 11.3 Å². The van der Waals surface area contributed by atoms with Gasteiger partial charge in [0.25, 0.3) is 11.5 Å². The zero-order chi connectivity index (χ0) is 27.7. The Morgan fingerprint density at radius 2 is 1.77 bits per heavy atom. The monoisotopic (exact) mass is 542 g/mol. The Morgan fingerprint density at radius 1 is 1.05 bits per heavy atom. The smallest absolute Gasteiger partial charge is 0.301 e. The number of hydrogen-bond acceptors (Lipinski definition) is 9. The van der Waals surface area contributed by atoms with Crippen LogP contribution in [-0.2, 0) is 16.2 Å². The van der Waals surface area contributed by atoms with E-state index in [9.17, 15) is 24.8 Å². The molecule has 1 aromatic heterocycles. The van der Waals surface area contributed by atoms with Crippen molar-refractivity contribution in [1.82, 2.24) is 10.2 Å². The summed E-state index contributed by atoms with van der Waals surface area (Å²) < 4.78 is 5.85. The Balaban J connectivity index is 1.51. The predicted molar refractivity (Wildman–Crippen MR) is 144 cm³/mol. The second kappa shape index (κ2) is 10.5. The van der Waals surface area contributed by atoms with Crippen LogP contribution in [0.2, 0.25) is 0 Å². The number of aliphatic hydroxyl groups is 1. The third-order valence-corrected chi connectivity index (χ3v) is 7.04. The largest absolute Gasteiger partial charge is 0.507 e. The molecule has 196 valence electrons. The molecular formula is C28H22N4O6S. The van der Waals surface area contributed by atoms with Crippen molar-refractivity contribution in [2.45, 2.75) is 26.5 Å². The molecule has 1 atom stereocenters. The van der Waals surface area contributed by atoms with Crippen LogP contribution in [0, 0.1) is 24.0 Å². The van der Waals surface area contributed by atoms with Crippen molar-refractivity contribution in [3.05, 3.63) is 116 Å².